The summed E-state index contributed by atoms with van der Waals surface area (Å²) in [6.45, 7) is 5.55. The van der Waals surface area contributed by atoms with Gasteiger partial charge >= 0.3 is 10.3 Å². The minimum atomic E-state index is -4.09. The lowest BCUT2D eigenvalue weighted by molar-refractivity contribution is -0.129. The topological polar surface area (TPSA) is 121 Å². The van der Waals surface area contributed by atoms with E-state index in [1.54, 1.807) is 19.2 Å². The first-order chi connectivity index (χ1) is 15.4. The monoisotopic (exact) mass is 489 g/mol. The van der Waals surface area contributed by atoms with Crippen LogP contribution in [0.15, 0.2) is 53.9 Å². The van der Waals surface area contributed by atoms with Gasteiger partial charge < -0.3 is 14.2 Å². The van der Waals surface area contributed by atoms with Crippen LogP contribution in [0.5, 0.6) is 11.5 Å². The van der Waals surface area contributed by atoms with Crippen molar-refractivity contribution < 1.29 is 22.1 Å². The van der Waals surface area contributed by atoms with E-state index >= 15 is 0 Å². The number of methoxy groups -OCH3 is 1. The molecule has 3 N–H and O–H groups in total. The van der Waals surface area contributed by atoms with Gasteiger partial charge in [0.25, 0.3) is 0 Å². The van der Waals surface area contributed by atoms with Crippen molar-refractivity contribution in [2.45, 2.75) is 33.2 Å². The molecule has 0 radical (unpaired) electrons. The molecule has 0 aliphatic heterocycles. The van der Waals surface area contributed by atoms with Gasteiger partial charge in [0, 0.05) is 16.4 Å². The second-order valence-corrected chi connectivity index (χ2v) is 10.5. The number of amides is 1. The lowest BCUT2D eigenvalue weighted by Crippen LogP contribution is -2.38. The molecule has 2 aromatic carbocycles. The Morgan fingerprint density at radius 3 is 2.45 bits per heavy atom. The van der Waals surface area contributed by atoms with Crippen LogP contribution in [0.4, 0.5) is 0 Å². The highest BCUT2D eigenvalue weighted by Crippen LogP contribution is 2.30. The van der Waals surface area contributed by atoms with E-state index in [2.05, 4.69) is 9.50 Å². The fraction of sp³-hybridized carbons (Fsp3) is 0.304. The van der Waals surface area contributed by atoms with E-state index in [1.807, 2.05) is 50.4 Å². The van der Waals surface area contributed by atoms with Crippen molar-refractivity contribution in [2.75, 3.05) is 7.11 Å². The summed E-state index contributed by atoms with van der Waals surface area (Å²) in [4.78, 5) is 17.5. The van der Waals surface area contributed by atoms with E-state index in [-0.39, 0.29) is 17.7 Å². The zero-order valence-electron chi connectivity index (χ0n) is 18.9. The first kappa shape index (κ1) is 24.7. The third-order valence-corrected chi connectivity index (χ3v) is 6.13. The molecule has 3 rings (SSSR count). The molecule has 3 aromatic rings. The van der Waals surface area contributed by atoms with Gasteiger partial charge in [0.2, 0.25) is 5.91 Å². The summed E-state index contributed by atoms with van der Waals surface area (Å²) >= 11 is 1.46. The van der Waals surface area contributed by atoms with Crippen LogP contribution in [0.3, 0.4) is 0 Å². The molecule has 1 amide bonds. The Kier molecular flexibility index (Phi) is 7.41. The summed E-state index contributed by atoms with van der Waals surface area (Å²) in [5.41, 5.74) is 2.01. The summed E-state index contributed by atoms with van der Waals surface area (Å²) in [5, 5.41) is 10.7. The number of thiazole rings is 1. The molecule has 33 heavy (non-hydrogen) atoms. The molecule has 1 heterocycles. The number of benzene rings is 2. The van der Waals surface area contributed by atoms with Gasteiger partial charge in [-0.15, -0.1) is 11.3 Å². The average molecular weight is 490 g/mol. The largest absolute Gasteiger partial charge is 0.497 e. The molecule has 0 spiro atoms. The number of carbonyl (C=O) groups excluding carboxylic acids is 1. The van der Waals surface area contributed by atoms with E-state index in [4.69, 9.17) is 14.9 Å². The first-order valence-electron chi connectivity index (χ1n) is 10.2. The van der Waals surface area contributed by atoms with Crippen molar-refractivity contribution in [3.05, 3.63) is 64.5 Å². The van der Waals surface area contributed by atoms with Gasteiger partial charge in [0.15, 0.2) is 0 Å². The highest BCUT2D eigenvalue weighted by molar-refractivity contribution is 7.84. The highest BCUT2D eigenvalue weighted by Gasteiger charge is 2.26. The number of nitrogens with zero attached hydrogens (tertiary/aromatic N) is 1. The molecule has 0 aliphatic carbocycles. The van der Waals surface area contributed by atoms with Crippen LogP contribution < -0.4 is 19.4 Å². The van der Waals surface area contributed by atoms with Gasteiger partial charge in [-0.05, 0) is 36.2 Å². The second-order valence-electron chi connectivity index (χ2n) is 8.50. The molecule has 1 atom stereocenters. The number of hydrogen-bond acceptors (Lipinski definition) is 7. The predicted molar refractivity (Wildman–Crippen MR) is 128 cm³/mol. The van der Waals surface area contributed by atoms with E-state index in [9.17, 15) is 13.2 Å². The van der Waals surface area contributed by atoms with Gasteiger partial charge in [0.1, 0.15) is 16.5 Å². The summed E-state index contributed by atoms with van der Waals surface area (Å²) in [5.74, 6) is 0.757. The van der Waals surface area contributed by atoms with Crippen LogP contribution in [-0.4, -0.2) is 26.4 Å². The summed E-state index contributed by atoms with van der Waals surface area (Å²) < 4.78 is 32.2. The first-order valence-corrected chi connectivity index (χ1v) is 12.5. The quantitative estimate of drug-likeness (QED) is 0.496. The molecule has 8 nitrogen and oxygen atoms in total. The van der Waals surface area contributed by atoms with Gasteiger partial charge in [0.05, 0.1) is 18.8 Å². The van der Waals surface area contributed by atoms with Crippen molar-refractivity contribution in [2.24, 2.45) is 10.6 Å². The Hall–Kier alpha value is -2.95. The lowest BCUT2D eigenvalue weighted by atomic mass is 9.94. The molecule has 0 saturated heterocycles. The third kappa shape index (κ3) is 7.01. The third-order valence-electron chi connectivity index (χ3n) is 4.75. The summed E-state index contributed by atoms with van der Waals surface area (Å²) in [6.07, 6.45) is 0.461. The number of rotatable bonds is 8. The number of nitrogens with two attached hydrogens (primary N) is 1. The molecule has 1 aromatic heterocycles. The maximum Gasteiger partial charge on any atom is 0.380 e. The van der Waals surface area contributed by atoms with Gasteiger partial charge in [-0.2, -0.15) is 13.6 Å². The average Bonchev–Trinajstić information content (AvgIpc) is 3.23. The Morgan fingerprint density at radius 1 is 1.15 bits per heavy atom. The van der Waals surface area contributed by atoms with E-state index in [1.165, 1.54) is 23.5 Å². The predicted octanol–water partition coefficient (Wildman–Crippen LogP) is 3.85. The number of nitrogens with one attached hydrogen (secondary N) is 1. The fourth-order valence-corrected chi connectivity index (χ4v) is 4.25. The summed E-state index contributed by atoms with van der Waals surface area (Å²) in [7, 11) is -2.48. The number of hydrogen-bond donors (Lipinski definition) is 2. The fourth-order valence-electron chi connectivity index (χ4n) is 2.99. The standard InChI is InChI=1S/C23H27N3O5S2/c1-23(2,3)22(27)26-19(12-15-8-10-17(11-9-15)31-33(24,28)29)21-25-20(14-32-21)16-6-5-7-18(13-16)30-4/h5-11,13-14,19H,12H2,1-4H3,(H,26,27)(H2,24,28,29). The van der Waals surface area contributed by atoms with Crippen molar-refractivity contribution in [1.82, 2.24) is 10.3 Å². The maximum atomic E-state index is 12.8. The number of carbonyl (C=O) groups is 1. The highest BCUT2D eigenvalue weighted by atomic mass is 32.2. The van der Waals surface area contributed by atoms with E-state index < -0.39 is 15.7 Å². The maximum absolute atomic E-state index is 12.8. The van der Waals surface area contributed by atoms with E-state index in [0.29, 0.717) is 6.42 Å². The molecule has 176 valence electrons. The Morgan fingerprint density at radius 2 is 1.85 bits per heavy atom. The normalized spacial score (nSPS) is 12.8. The van der Waals surface area contributed by atoms with Crippen molar-refractivity contribution in [1.29, 1.82) is 0 Å². The Bertz CT molecular complexity index is 1220. The minimum absolute atomic E-state index is 0.0974. The molecular formula is C23H27N3O5S2. The van der Waals surface area contributed by atoms with Gasteiger partial charge in [-0.1, -0.05) is 45.0 Å². The SMILES string of the molecule is COc1cccc(-c2csc(C(Cc3ccc(OS(N)(=O)=O)cc3)NC(=O)C(C)(C)C)n2)c1. The van der Waals surface area contributed by atoms with E-state index in [0.717, 1.165) is 27.6 Å². The van der Waals surface area contributed by atoms with Crippen LogP contribution in [-0.2, 0) is 21.5 Å². The molecular weight excluding hydrogens is 462 g/mol. The smallest absolute Gasteiger partial charge is 0.380 e. The lowest BCUT2D eigenvalue weighted by Gasteiger charge is -2.23. The van der Waals surface area contributed by atoms with Crippen LogP contribution in [0.2, 0.25) is 0 Å². The van der Waals surface area contributed by atoms with Crippen molar-refractivity contribution in [3.8, 4) is 22.8 Å². The van der Waals surface area contributed by atoms with Crippen molar-refractivity contribution >= 4 is 27.5 Å². The van der Waals surface area contributed by atoms with Crippen LogP contribution in [0.1, 0.15) is 37.4 Å². The molecule has 0 bridgehead atoms. The molecule has 0 aliphatic rings. The molecule has 10 heteroatoms. The van der Waals surface area contributed by atoms with Crippen molar-refractivity contribution in [3.63, 3.8) is 0 Å². The van der Waals surface area contributed by atoms with Crippen LogP contribution >= 0.6 is 11.3 Å². The Balaban J connectivity index is 1.87. The zero-order chi connectivity index (χ0) is 24.2. The van der Waals surface area contributed by atoms with Gasteiger partial charge in [-0.25, -0.2) is 4.98 Å². The second kappa shape index (κ2) is 9.90. The molecule has 0 fully saturated rings. The zero-order valence-corrected chi connectivity index (χ0v) is 20.5. The van der Waals surface area contributed by atoms with Crippen LogP contribution in [0, 0.1) is 5.41 Å². The number of ether oxygens (including phenoxy) is 1. The van der Waals surface area contributed by atoms with Crippen LogP contribution in [0.25, 0.3) is 11.3 Å². The molecule has 1 unspecified atom stereocenters. The molecule has 0 saturated carbocycles. The Labute approximate surface area is 198 Å². The summed E-state index contributed by atoms with van der Waals surface area (Å²) in [6, 6.07) is 13.8. The number of aromatic nitrogens is 1. The van der Waals surface area contributed by atoms with Gasteiger partial charge in [-0.3, -0.25) is 4.79 Å². The minimum Gasteiger partial charge on any atom is -0.497 e.